The second-order valence-electron chi connectivity index (χ2n) is 9.28. The fourth-order valence-electron chi connectivity index (χ4n) is 5.50. The molecule has 180 valence electrons. The van der Waals surface area contributed by atoms with Crippen molar-refractivity contribution >= 4 is 10.0 Å². The number of rotatable bonds is 5. The summed E-state index contributed by atoms with van der Waals surface area (Å²) < 4.78 is 28.4. The highest BCUT2D eigenvalue weighted by molar-refractivity contribution is 7.89. The van der Waals surface area contributed by atoms with Gasteiger partial charge in [-0.25, -0.2) is 8.42 Å². The first-order chi connectivity index (χ1) is 17.0. The Balaban J connectivity index is 1.41. The Bertz CT molecular complexity index is 1300. The molecule has 0 radical (unpaired) electrons. The smallest absolute Gasteiger partial charge is 0.243 e. The molecule has 0 aromatic heterocycles. The van der Waals surface area contributed by atoms with Gasteiger partial charge in [0, 0.05) is 31.1 Å². The van der Waals surface area contributed by atoms with Crippen molar-refractivity contribution in [1.82, 2.24) is 9.21 Å². The van der Waals surface area contributed by atoms with Gasteiger partial charge in [0.15, 0.2) is 0 Å². The molecule has 2 aliphatic heterocycles. The van der Waals surface area contributed by atoms with E-state index >= 15 is 0 Å². The first kappa shape index (κ1) is 23.7. The third-order valence-corrected chi connectivity index (χ3v) is 9.24. The predicted molar refractivity (Wildman–Crippen MR) is 135 cm³/mol. The fraction of sp³-hybridized carbons (Fsp3) is 0.321. The summed E-state index contributed by atoms with van der Waals surface area (Å²) in [6, 6.07) is 26.6. The molecule has 2 fully saturated rings. The van der Waals surface area contributed by atoms with Crippen molar-refractivity contribution in [1.29, 1.82) is 5.26 Å². The molecule has 0 spiro atoms. The molecule has 2 saturated heterocycles. The molecule has 5 rings (SSSR count). The fourth-order valence-corrected chi connectivity index (χ4v) is 7.02. The lowest BCUT2D eigenvalue weighted by atomic mass is 9.74. The largest absolute Gasteiger partial charge is 0.395 e. The summed E-state index contributed by atoms with van der Waals surface area (Å²) in [5.41, 5.74) is 3.84. The van der Waals surface area contributed by atoms with E-state index in [-0.39, 0.29) is 24.6 Å². The molecule has 6 nitrogen and oxygen atoms in total. The molecule has 3 atom stereocenters. The number of benzene rings is 3. The Labute approximate surface area is 207 Å². The first-order valence-corrected chi connectivity index (χ1v) is 13.5. The van der Waals surface area contributed by atoms with E-state index in [0.29, 0.717) is 23.5 Å². The molecule has 1 N–H and O–H groups in total. The normalized spacial score (nSPS) is 23.4. The van der Waals surface area contributed by atoms with Gasteiger partial charge in [0.25, 0.3) is 0 Å². The number of aliphatic hydroxyl groups excluding tert-OH is 1. The summed E-state index contributed by atoms with van der Waals surface area (Å²) >= 11 is 0. The lowest BCUT2D eigenvalue weighted by molar-refractivity contribution is -0.0553. The predicted octanol–water partition coefficient (Wildman–Crippen LogP) is 3.84. The van der Waals surface area contributed by atoms with E-state index in [9.17, 15) is 13.5 Å². The first-order valence-electron chi connectivity index (χ1n) is 12.1. The minimum absolute atomic E-state index is 0.0138. The van der Waals surface area contributed by atoms with Crippen LogP contribution in [0.2, 0.25) is 0 Å². The van der Waals surface area contributed by atoms with Gasteiger partial charge < -0.3 is 5.11 Å². The number of nitrogens with zero attached hydrogens (tertiary/aromatic N) is 3. The highest BCUT2D eigenvalue weighted by atomic mass is 32.2. The standard InChI is InChI=1S/C28H29N3O3S/c29-18-21-8-10-22(11-9-21)23-12-14-24(15-13-23)28-26-19-30(16-4-5-17-31(26)27(28)20-32)35(33,34)25-6-2-1-3-7-25/h1-3,6-15,26-28,32H,4-5,16-17,19-20H2/t26-,27+,28+/m0/s1. The van der Waals surface area contributed by atoms with Crippen LogP contribution in [0.1, 0.15) is 29.9 Å². The number of hydrogen-bond donors (Lipinski definition) is 1. The maximum Gasteiger partial charge on any atom is 0.243 e. The van der Waals surface area contributed by atoms with Crippen molar-refractivity contribution in [2.24, 2.45) is 0 Å². The van der Waals surface area contributed by atoms with Gasteiger partial charge in [0.1, 0.15) is 0 Å². The molecule has 3 aromatic carbocycles. The average Bonchev–Trinajstić information content (AvgIpc) is 2.88. The summed E-state index contributed by atoms with van der Waals surface area (Å²) in [6.07, 6.45) is 1.70. The van der Waals surface area contributed by atoms with Crippen molar-refractivity contribution in [3.63, 3.8) is 0 Å². The van der Waals surface area contributed by atoms with Gasteiger partial charge in [-0.1, -0.05) is 54.6 Å². The molecule has 7 heteroatoms. The Kier molecular flexibility index (Phi) is 6.72. The Morgan fingerprint density at radius 2 is 1.51 bits per heavy atom. The van der Waals surface area contributed by atoms with Crippen LogP contribution in [0.5, 0.6) is 0 Å². The Morgan fingerprint density at radius 1 is 0.886 bits per heavy atom. The van der Waals surface area contributed by atoms with Crippen LogP contribution < -0.4 is 0 Å². The maximum atomic E-state index is 13.4. The zero-order chi connectivity index (χ0) is 24.4. The van der Waals surface area contributed by atoms with Gasteiger partial charge >= 0.3 is 0 Å². The number of sulfonamides is 1. The van der Waals surface area contributed by atoms with E-state index < -0.39 is 10.0 Å². The molecule has 3 aromatic rings. The Morgan fingerprint density at radius 3 is 2.14 bits per heavy atom. The van der Waals surface area contributed by atoms with Gasteiger partial charge in [0.05, 0.1) is 23.1 Å². The zero-order valence-corrected chi connectivity index (χ0v) is 20.3. The summed E-state index contributed by atoms with van der Waals surface area (Å²) in [7, 11) is -3.58. The molecule has 35 heavy (non-hydrogen) atoms. The molecule has 0 saturated carbocycles. The van der Waals surface area contributed by atoms with Crippen LogP contribution in [-0.2, 0) is 10.0 Å². The molecule has 0 amide bonds. The van der Waals surface area contributed by atoms with Crippen LogP contribution in [0.3, 0.4) is 0 Å². The van der Waals surface area contributed by atoms with E-state index in [1.54, 1.807) is 28.6 Å². The average molecular weight is 488 g/mol. The van der Waals surface area contributed by atoms with E-state index in [4.69, 9.17) is 5.26 Å². The zero-order valence-electron chi connectivity index (χ0n) is 19.5. The van der Waals surface area contributed by atoms with Gasteiger partial charge in [-0.15, -0.1) is 0 Å². The third-order valence-electron chi connectivity index (χ3n) is 7.36. The van der Waals surface area contributed by atoms with E-state index in [2.05, 4.69) is 35.2 Å². The summed E-state index contributed by atoms with van der Waals surface area (Å²) in [4.78, 5) is 2.61. The lowest BCUT2D eigenvalue weighted by Crippen LogP contribution is -2.67. The van der Waals surface area contributed by atoms with Gasteiger partial charge in [0.2, 0.25) is 10.0 Å². The van der Waals surface area contributed by atoms with Gasteiger partial charge in [-0.3, -0.25) is 4.90 Å². The molecule has 2 aliphatic rings. The second-order valence-corrected chi connectivity index (χ2v) is 11.2. The van der Waals surface area contributed by atoms with Crippen LogP contribution in [0.25, 0.3) is 11.1 Å². The monoisotopic (exact) mass is 487 g/mol. The summed E-state index contributed by atoms with van der Waals surface area (Å²) in [6.45, 7) is 1.84. The topological polar surface area (TPSA) is 84.6 Å². The van der Waals surface area contributed by atoms with Crippen LogP contribution in [0, 0.1) is 11.3 Å². The highest BCUT2D eigenvalue weighted by Gasteiger charge is 2.50. The van der Waals surface area contributed by atoms with Crippen LogP contribution in [-0.4, -0.2) is 61.1 Å². The third kappa shape index (κ3) is 4.51. The SMILES string of the molecule is N#Cc1ccc(-c2ccc([C@H]3[C@@H](CO)N4CCCCN(S(=O)(=O)c5ccccc5)C[C@@H]34)cc2)cc1. The molecule has 0 unspecified atom stereocenters. The minimum Gasteiger partial charge on any atom is -0.395 e. The van der Waals surface area contributed by atoms with Crippen LogP contribution in [0.15, 0.2) is 83.8 Å². The van der Waals surface area contributed by atoms with E-state index in [0.717, 1.165) is 36.1 Å². The van der Waals surface area contributed by atoms with Gasteiger partial charge in [-0.05, 0) is 60.3 Å². The van der Waals surface area contributed by atoms with E-state index in [1.165, 1.54) is 0 Å². The quantitative estimate of drug-likeness (QED) is 0.591. The number of aliphatic hydroxyl groups is 1. The molecule has 0 bridgehead atoms. The minimum atomic E-state index is -3.58. The van der Waals surface area contributed by atoms with E-state index in [1.807, 2.05) is 30.3 Å². The lowest BCUT2D eigenvalue weighted by Gasteiger charge is -2.57. The molecule has 2 heterocycles. The van der Waals surface area contributed by atoms with Crippen molar-refractivity contribution in [2.45, 2.75) is 35.7 Å². The van der Waals surface area contributed by atoms with Crippen molar-refractivity contribution in [3.8, 4) is 17.2 Å². The maximum absolute atomic E-state index is 13.4. The molecular weight excluding hydrogens is 458 g/mol. The van der Waals surface area contributed by atoms with Crippen molar-refractivity contribution < 1.29 is 13.5 Å². The van der Waals surface area contributed by atoms with Crippen LogP contribution in [0.4, 0.5) is 0 Å². The molecular formula is C28H29N3O3S. The number of hydrogen-bond acceptors (Lipinski definition) is 5. The van der Waals surface area contributed by atoms with Crippen molar-refractivity contribution in [3.05, 3.63) is 90.0 Å². The van der Waals surface area contributed by atoms with Crippen molar-refractivity contribution in [2.75, 3.05) is 26.2 Å². The summed E-state index contributed by atoms with van der Waals surface area (Å²) in [5.74, 6) is 0.0570. The van der Waals surface area contributed by atoms with Gasteiger partial charge in [-0.2, -0.15) is 9.57 Å². The molecule has 0 aliphatic carbocycles. The number of fused-ring (bicyclic) bond motifs is 1. The Hall–Kier alpha value is -3.02. The second kappa shape index (κ2) is 9.92. The highest BCUT2D eigenvalue weighted by Crippen LogP contribution is 2.43. The van der Waals surface area contributed by atoms with Crippen LogP contribution >= 0.6 is 0 Å². The summed E-state index contributed by atoms with van der Waals surface area (Å²) in [5, 5.41) is 19.2. The number of nitriles is 1.